The predicted molar refractivity (Wildman–Crippen MR) is 64.7 cm³/mol. The molecule has 1 heterocycles. The molecule has 0 unspecified atom stereocenters. The molecule has 0 N–H and O–H groups in total. The van der Waals surface area contributed by atoms with Crippen molar-refractivity contribution in [2.24, 2.45) is 0 Å². The minimum absolute atomic E-state index is 0.0672. The van der Waals surface area contributed by atoms with Crippen LogP contribution >= 0.6 is 0 Å². The number of pyridine rings is 1. The molecule has 0 fully saturated rings. The summed E-state index contributed by atoms with van der Waals surface area (Å²) in [6.45, 7) is 0. The highest BCUT2D eigenvalue weighted by molar-refractivity contribution is 5.75. The number of hydrogen-bond acceptors (Lipinski definition) is 1. The topological polar surface area (TPSA) is 12.9 Å². The van der Waals surface area contributed by atoms with Gasteiger partial charge in [-0.15, -0.1) is 0 Å². The molecule has 130 valence electrons. The van der Waals surface area contributed by atoms with E-state index >= 15 is 0 Å². The largest absolute Gasteiger partial charge is 0.418 e. The Morgan fingerprint density at radius 2 is 1.00 bits per heavy atom. The van der Waals surface area contributed by atoms with Crippen molar-refractivity contribution in [2.45, 2.75) is 18.5 Å². The van der Waals surface area contributed by atoms with Gasteiger partial charge in [-0.25, -0.2) is 0 Å². The SMILES string of the molecule is FC(F)(F)c1ccccc1-c1c(C(F)(F)F)cncc1C(F)(F)F. The van der Waals surface area contributed by atoms with Crippen molar-refractivity contribution in [3.05, 3.63) is 53.3 Å². The van der Waals surface area contributed by atoms with Crippen LogP contribution in [-0.4, -0.2) is 4.98 Å². The van der Waals surface area contributed by atoms with Gasteiger partial charge >= 0.3 is 18.5 Å². The highest BCUT2D eigenvalue weighted by Crippen LogP contribution is 2.47. The summed E-state index contributed by atoms with van der Waals surface area (Å²) in [6.07, 6.45) is -15.6. The third-order valence-electron chi connectivity index (χ3n) is 3.06. The average molecular weight is 359 g/mol. The molecule has 1 aromatic carbocycles. The molecule has 2 aromatic rings. The molecule has 0 atom stereocenters. The lowest BCUT2D eigenvalue weighted by Crippen LogP contribution is -2.17. The van der Waals surface area contributed by atoms with Crippen LogP contribution in [0.4, 0.5) is 39.5 Å². The van der Waals surface area contributed by atoms with Gasteiger partial charge in [0.05, 0.1) is 16.7 Å². The Morgan fingerprint density at radius 3 is 1.42 bits per heavy atom. The van der Waals surface area contributed by atoms with E-state index in [-0.39, 0.29) is 12.4 Å². The summed E-state index contributed by atoms with van der Waals surface area (Å²) in [4.78, 5) is 2.87. The van der Waals surface area contributed by atoms with Crippen LogP contribution < -0.4 is 0 Å². The molecule has 0 spiro atoms. The van der Waals surface area contributed by atoms with Gasteiger partial charge in [0.2, 0.25) is 0 Å². The maximum Gasteiger partial charge on any atom is 0.418 e. The zero-order valence-electron chi connectivity index (χ0n) is 11.3. The van der Waals surface area contributed by atoms with E-state index in [2.05, 4.69) is 4.98 Å². The molecule has 0 radical (unpaired) electrons. The van der Waals surface area contributed by atoms with Crippen LogP contribution in [0.1, 0.15) is 16.7 Å². The van der Waals surface area contributed by atoms with Gasteiger partial charge in [-0.1, -0.05) is 18.2 Å². The Labute approximate surface area is 128 Å². The summed E-state index contributed by atoms with van der Waals surface area (Å²) in [5.41, 5.74) is -8.21. The average Bonchev–Trinajstić information content (AvgIpc) is 2.43. The summed E-state index contributed by atoms with van der Waals surface area (Å²) in [6, 6.07) is 2.76. The molecule has 0 saturated heterocycles. The van der Waals surface area contributed by atoms with Gasteiger partial charge in [0.15, 0.2) is 0 Å². The van der Waals surface area contributed by atoms with Crippen LogP contribution in [0.15, 0.2) is 36.7 Å². The van der Waals surface area contributed by atoms with Crippen molar-refractivity contribution in [3.8, 4) is 11.1 Å². The van der Waals surface area contributed by atoms with E-state index in [9.17, 15) is 39.5 Å². The van der Waals surface area contributed by atoms with Crippen LogP contribution in [0.2, 0.25) is 0 Å². The third-order valence-corrected chi connectivity index (χ3v) is 3.06. The highest BCUT2D eigenvalue weighted by atomic mass is 19.4. The van der Waals surface area contributed by atoms with Gasteiger partial charge < -0.3 is 0 Å². The Balaban J connectivity index is 2.94. The number of nitrogens with zero attached hydrogens (tertiary/aromatic N) is 1. The Morgan fingerprint density at radius 1 is 0.583 bits per heavy atom. The summed E-state index contributed by atoms with van der Waals surface area (Å²) < 4.78 is 117. The second-order valence-corrected chi connectivity index (χ2v) is 4.65. The first-order valence-electron chi connectivity index (χ1n) is 6.12. The van der Waals surface area contributed by atoms with Crippen molar-refractivity contribution < 1.29 is 39.5 Å². The molecule has 0 bridgehead atoms. The summed E-state index contributed by atoms with van der Waals surface area (Å²) in [5.74, 6) is 0. The van der Waals surface area contributed by atoms with E-state index < -0.39 is 46.3 Å². The number of aromatic nitrogens is 1. The number of rotatable bonds is 1. The van der Waals surface area contributed by atoms with E-state index in [1.807, 2.05) is 0 Å². The van der Waals surface area contributed by atoms with E-state index in [0.717, 1.165) is 12.1 Å². The number of halogens is 9. The molecule has 0 amide bonds. The standard InChI is InChI=1S/C14H6F9N/c15-12(16,17)8-4-2-1-3-7(8)11-9(13(18,19)20)5-24-6-10(11)14(21,22)23/h1-6H. The fraction of sp³-hybridized carbons (Fsp3) is 0.214. The Hall–Kier alpha value is -2.26. The third kappa shape index (κ3) is 3.46. The molecule has 0 saturated carbocycles. The predicted octanol–water partition coefficient (Wildman–Crippen LogP) is 5.81. The van der Waals surface area contributed by atoms with Gasteiger partial charge in [-0.05, 0) is 11.6 Å². The van der Waals surface area contributed by atoms with Crippen LogP contribution in [0.5, 0.6) is 0 Å². The van der Waals surface area contributed by atoms with Crippen molar-refractivity contribution in [1.82, 2.24) is 4.98 Å². The molecule has 1 nitrogen and oxygen atoms in total. The molecule has 24 heavy (non-hydrogen) atoms. The molecule has 1 aromatic heterocycles. The molecule has 10 heteroatoms. The molecule has 2 rings (SSSR count). The molecule has 0 aliphatic rings. The lowest BCUT2D eigenvalue weighted by atomic mass is 9.92. The van der Waals surface area contributed by atoms with Gasteiger partial charge in [0.25, 0.3) is 0 Å². The minimum atomic E-state index is -5.32. The monoisotopic (exact) mass is 359 g/mol. The summed E-state index contributed by atoms with van der Waals surface area (Å²) in [5, 5.41) is 0. The quantitative estimate of drug-likeness (QED) is 0.586. The second-order valence-electron chi connectivity index (χ2n) is 4.65. The lowest BCUT2D eigenvalue weighted by Gasteiger charge is -2.21. The molecular weight excluding hydrogens is 353 g/mol. The van der Waals surface area contributed by atoms with Crippen molar-refractivity contribution in [3.63, 3.8) is 0 Å². The fourth-order valence-electron chi connectivity index (χ4n) is 2.13. The fourth-order valence-corrected chi connectivity index (χ4v) is 2.13. The maximum absolute atomic E-state index is 13.0. The van der Waals surface area contributed by atoms with E-state index in [1.165, 1.54) is 0 Å². The minimum Gasteiger partial charge on any atom is -0.263 e. The van der Waals surface area contributed by atoms with Gasteiger partial charge in [-0.2, -0.15) is 39.5 Å². The van der Waals surface area contributed by atoms with Crippen LogP contribution in [0.25, 0.3) is 11.1 Å². The molecular formula is C14H6F9N. The highest BCUT2D eigenvalue weighted by Gasteiger charge is 2.44. The van der Waals surface area contributed by atoms with E-state index in [0.29, 0.717) is 12.1 Å². The lowest BCUT2D eigenvalue weighted by molar-refractivity contribution is -0.144. The Kier molecular flexibility index (Phi) is 4.28. The first-order chi connectivity index (χ1) is 10.8. The smallest absolute Gasteiger partial charge is 0.263 e. The normalized spacial score (nSPS) is 13.2. The van der Waals surface area contributed by atoms with Crippen LogP contribution in [-0.2, 0) is 18.5 Å². The number of alkyl halides is 9. The zero-order chi connectivity index (χ0) is 18.3. The second kappa shape index (κ2) is 5.67. The van der Waals surface area contributed by atoms with Gasteiger partial charge in [0, 0.05) is 18.0 Å². The molecule has 0 aliphatic carbocycles. The maximum atomic E-state index is 13.0. The summed E-state index contributed by atoms with van der Waals surface area (Å²) in [7, 11) is 0. The van der Waals surface area contributed by atoms with E-state index in [1.54, 1.807) is 0 Å². The first kappa shape index (κ1) is 18.1. The Bertz CT molecular complexity index is 709. The van der Waals surface area contributed by atoms with Crippen molar-refractivity contribution in [2.75, 3.05) is 0 Å². The van der Waals surface area contributed by atoms with E-state index in [4.69, 9.17) is 0 Å². The van der Waals surface area contributed by atoms with Crippen LogP contribution in [0.3, 0.4) is 0 Å². The van der Waals surface area contributed by atoms with Gasteiger partial charge in [0.1, 0.15) is 0 Å². The zero-order valence-corrected chi connectivity index (χ0v) is 11.3. The van der Waals surface area contributed by atoms with Crippen molar-refractivity contribution in [1.29, 1.82) is 0 Å². The van der Waals surface area contributed by atoms with Crippen LogP contribution in [0, 0.1) is 0 Å². The van der Waals surface area contributed by atoms with Gasteiger partial charge in [-0.3, -0.25) is 4.98 Å². The van der Waals surface area contributed by atoms with Crippen molar-refractivity contribution >= 4 is 0 Å². The number of benzene rings is 1. The first-order valence-corrected chi connectivity index (χ1v) is 6.12. The number of hydrogen-bond donors (Lipinski definition) is 0. The molecule has 0 aliphatic heterocycles. The summed E-state index contributed by atoms with van der Waals surface area (Å²) >= 11 is 0.